The molecule has 20 heavy (non-hydrogen) atoms. The molecular weight excluding hydrogens is 258 g/mol. The Balaban J connectivity index is 2.43. The van der Waals surface area contributed by atoms with Gasteiger partial charge in [-0.1, -0.05) is 6.07 Å². The maximum Gasteiger partial charge on any atom is 0.318 e. The molecule has 1 aliphatic heterocycles. The number of aryl methyl sites for hydroxylation is 1. The van der Waals surface area contributed by atoms with Gasteiger partial charge in [0.05, 0.1) is 19.9 Å². The predicted molar refractivity (Wildman–Crippen MR) is 74.8 cm³/mol. The van der Waals surface area contributed by atoms with Crippen molar-refractivity contribution in [3.05, 3.63) is 23.8 Å². The van der Waals surface area contributed by atoms with Crippen molar-refractivity contribution in [2.75, 3.05) is 25.7 Å². The lowest BCUT2D eigenvalue weighted by atomic mass is 10.0. The van der Waals surface area contributed by atoms with Crippen LogP contribution in [0.15, 0.2) is 18.2 Å². The summed E-state index contributed by atoms with van der Waals surface area (Å²) in [4.78, 5) is 25.9. The van der Waals surface area contributed by atoms with Crippen molar-refractivity contribution in [3.8, 4) is 5.75 Å². The topological polar surface area (TPSA) is 55.8 Å². The van der Waals surface area contributed by atoms with Gasteiger partial charge in [-0.15, -0.1) is 0 Å². The van der Waals surface area contributed by atoms with Crippen LogP contribution in [0.4, 0.5) is 5.69 Å². The monoisotopic (exact) mass is 277 g/mol. The number of rotatable bonds is 3. The number of esters is 1. The molecule has 1 atom stereocenters. The smallest absolute Gasteiger partial charge is 0.318 e. The molecule has 1 aromatic rings. The number of carbonyl (C=O) groups excluding carboxylic acids is 2. The van der Waals surface area contributed by atoms with Crippen molar-refractivity contribution >= 4 is 17.6 Å². The zero-order valence-corrected chi connectivity index (χ0v) is 12.0. The van der Waals surface area contributed by atoms with Crippen molar-refractivity contribution < 1.29 is 19.1 Å². The van der Waals surface area contributed by atoms with E-state index >= 15 is 0 Å². The van der Waals surface area contributed by atoms with E-state index in [2.05, 4.69) is 0 Å². The number of hydrogen-bond acceptors (Lipinski definition) is 4. The van der Waals surface area contributed by atoms with E-state index in [1.54, 1.807) is 12.0 Å². The summed E-state index contributed by atoms with van der Waals surface area (Å²) in [6.07, 6.45) is 1.14. The second kappa shape index (κ2) is 5.94. The summed E-state index contributed by atoms with van der Waals surface area (Å²) in [6, 6.07) is 5.66. The molecule has 0 bridgehead atoms. The van der Waals surface area contributed by atoms with Crippen LogP contribution in [0, 0.1) is 5.92 Å². The molecule has 1 unspecified atom stereocenters. The number of benzene rings is 1. The fourth-order valence-corrected chi connectivity index (χ4v) is 2.55. The SMILES string of the molecule is CCN1C(=O)C(C(=O)OC)CCc2ccc(OC)cc21. The van der Waals surface area contributed by atoms with Crippen molar-refractivity contribution in [1.29, 1.82) is 0 Å². The molecule has 108 valence electrons. The van der Waals surface area contributed by atoms with E-state index in [9.17, 15) is 9.59 Å². The van der Waals surface area contributed by atoms with Crippen LogP contribution >= 0.6 is 0 Å². The number of ether oxygens (including phenoxy) is 2. The summed E-state index contributed by atoms with van der Waals surface area (Å²) in [7, 11) is 2.90. The van der Waals surface area contributed by atoms with E-state index in [0.29, 0.717) is 25.1 Å². The Morgan fingerprint density at radius 3 is 2.75 bits per heavy atom. The first kappa shape index (κ1) is 14.4. The lowest BCUT2D eigenvalue weighted by Gasteiger charge is -2.23. The first-order valence-corrected chi connectivity index (χ1v) is 6.68. The highest BCUT2D eigenvalue weighted by Crippen LogP contribution is 2.32. The number of methoxy groups -OCH3 is 2. The van der Waals surface area contributed by atoms with Gasteiger partial charge in [-0.2, -0.15) is 0 Å². The Morgan fingerprint density at radius 2 is 2.15 bits per heavy atom. The average Bonchev–Trinajstić information content (AvgIpc) is 2.61. The van der Waals surface area contributed by atoms with E-state index in [4.69, 9.17) is 9.47 Å². The molecule has 0 saturated heterocycles. The quantitative estimate of drug-likeness (QED) is 0.624. The number of amides is 1. The van der Waals surface area contributed by atoms with Gasteiger partial charge >= 0.3 is 5.97 Å². The van der Waals surface area contributed by atoms with Crippen LogP contribution in [0.25, 0.3) is 0 Å². The summed E-state index contributed by atoms with van der Waals surface area (Å²) in [5, 5.41) is 0. The number of hydrogen-bond donors (Lipinski definition) is 0. The largest absolute Gasteiger partial charge is 0.497 e. The minimum absolute atomic E-state index is 0.202. The highest BCUT2D eigenvalue weighted by atomic mass is 16.5. The van der Waals surface area contributed by atoms with Crippen LogP contribution in [0.2, 0.25) is 0 Å². The van der Waals surface area contributed by atoms with Crippen molar-refractivity contribution in [1.82, 2.24) is 0 Å². The molecule has 0 N–H and O–H groups in total. The summed E-state index contributed by atoms with van der Waals surface area (Å²) in [5.74, 6) is -0.690. The van der Waals surface area contributed by atoms with Crippen molar-refractivity contribution in [3.63, 3.8) is 0 Å². The van der Waals surface area contributed by atoms with Gasteiger partial charge in [0.25, 0.3) is 0 Å². The molecule has 0 aromatic heterocycles. The second-order valence-electron chi connectivity index (χ2n) is 4.69. The predicted octanol–water partition coefficient (Wildman–Crippen LogP) is 1.78. The van der Waals surface area contributed by atoms with E-state index in [-0.39, 0.29) is 5.91 Å². The molecule has 1 aromatic carbocycles. The fraction of sp³-hybridized carbons (Fsp3) is 0.467. The third-order valence-corrected chi connectivity index (χ3v) is 3.65. The molecule has 0 saturated carbocycles. The van der Waals surface area contributed by atoms with Crippen LogP contribution in [-0.2, 0) is 20.7 Å². The van der Waals surface area contributed by atoms with Gasteiger partial charge in [-0.3, -0.25) is 9.59 Å². The lowest BCUT2D eigenvalue weighted by Crippen LogP contribution is -2.39. The van der Waals surface area contributed by atoms with Crippen LogP contribution in [0.1, 0.15) is 18.9 Å². The fourth-order valence-electron chi connectivity index (χ4n) is 2.55. The number of anilines is 1. The van der Waals surface area contributed by atoms with Crippen LogP contribution in [0.3, 0.4) is 0 Å². The van der Waals surface area contributed by atoms with Crippen LogP contribution in [0.5, 0.6) is 5.75 Å². The number of nitrogens with zero attached hydrogens (tertiary/aromatic N) is 1. The number of carbonyl (C=O) groups is 2. The lowest BCUT2D eigenvalue weighted by molar-refractivity contribution is -0.149. The Hall–Kier alpha value is -2.04. The molecule has 1 amide bonds. The van der Waals surface area contributed by atoms with Gasteiger partial charge in [0.15, 0.2) is 0 Å². The molecule has 1 heterocycles. The number of fused-ring (bicyclic) bond motifs is 1. The molecule has 0 spiro atoms. The van der Waals surface area contributed by atoms with Crippen molar-refractivity contribution in [2.24, 2.45) is 5.92 Å². The minimum atomic E-state index is -0.724. The Bertz CT molecular complexity index is 527. The molecule has 2 rings (SSSR count). The van der Waals surface area contributed by atoms with E-state index < -0.39 is 11.9 Å². The van der Waals surface area contributed by atoms with E-state index in [0.717, 1.165) is 11.3 Å². The maximum absolute atomic E-state index is 12.5. The Labute approximate surface area is 118 Å². The van der Waals surface area contributed by atoms with E-state index in [1.165, 1.54) is 7.11 Å². The van der Waals surface area contributed by atoms with Gasteiger partial charge in [-0.05, 0) is 31.4 Å². The standard InChI is InChI=1S/C15H19NO4/c1-4-16-13-9-11(19-2)7-5-10(13)6-8-12(14(16)17)15(18)20-3/h5,7,9,12H,4,6,8H2,1-3H3. The summed E-state index contributed by atoms with van der Waals surface area (Å²) in [5.41, 5.74) is 1.87. The van der Waals surface area contributed by atoms with Gasteiger partial charge in [0, 0.05) is 12.6 Å². The summed E-state index contributed by atoms with van der Waals surface area (Å²) < 4.78 is 9.96. The highest BCUT2D eigenvalue weighted by Gasteiger charge is 2.35. The van der Waals surface area contributed by atoms with E-state index in [1.807, 2.05) is 25.1 Å². The molecule has 0 fully saturated rings. The summed E-state index contributed by atoms with van der Waals surface area (Å²) >= 11 is 0. The Kier molecular flexibility index (Phi) is 4.27. The van der Waals surface area contributed by atoms with Gasteiger partial charge < -0.3 is 14.4 Å². The zero-order chi connectivity index (χ0) is 14.7. The molecular formula is C15H19NO4. The first-order valence-electron chi connectivity index (χ1n) is 6.68. The highest BCUT2D eigenvalue weighted by molar-refractivity contribution is 6.07. The molecule has 5 heteroatoms. The first-order chi connectivity index (χ1) is 9.62. The van der Waals surface area contributed by atoms with Gasteiger partial charge in [0.2, 0.25) is 5.91 Å². The summed E-state index contributed by atoms with van der Waals surface area (Å²) in [6.45, 7) is 2.40. The second-order valence-corrected chi connectivity index (χ2v) is 4.69. The minimum Gasteiger partial charge on any atom is -0.497 e. The molecule has 5 nitrogen and oxygen atoms in total. The third-order valence-electron chi connectivity index (χ3n) is 3.65. The zero-order valence-electron chi connectivity index (χ0n) is 12.0. The average molecular weight is 277 g/mol. The van der Waals surface area contributed by atoms with Gasteiger partial charge in [-0.25, -0.2) is 0 Å². The molecule has 0 aliphatic carbocycles. The molecule has 1 aliphatic rings. The maximum atomic E-state index is 12.5. The van der Waals surface area contributed by atoms with Crippen molar-refractivity contribution in [2.45, 2.75) is 19.8 Å². The Morgan fingerprint density at radius 1 is 1.40 bits per heavy atom. The third kappa shape index (κ3) is 2.48. The van der Waals surface area contributed by atoms with Crippen LogP contribution < -0.4 is 9.64 Å². The van der Waals surface area contributed by atoms with Crippen LogP contribution in [-0.4, -0.2) is 32.6 Å². The molecule has 0 radical (unpaired) electrons. The van der Waals surface area contributed by atoms with Gasteiger partial charge in [0.1, 0.15) is 11.7 Å². The normalized spacial score (nSPS) is 18.2.